The molecule has 0 spiro atoms. The van der Waals surface area contributed by atoms with Gasteiger partial charge in [-0.15, -0.1) is 0 Å². The number of ether oxygens (including phenoxy) is 2. The van der Waals surface area contributed by atoms with Crippen molar-refractivity contribution in [2.45, 2.75) is 31.2 Å². The molecule has 0 bridgehead atoms. The van der Waals surface area contributed by atoms with E-state index in [4.69, 9.17) is 9.47 Å². The number of rotatable bonds is 3. The maximum atomic E-state index is 5.96. The van der Waals surface area contributed by atoms with Gasteiger partial charge in [0.1, 0.15) is 11.9 Å². The molecule has 2 heterocycles. The summed E-state index contributed by atoms with van der Waals surface area (Å²) in [5, 5.41) is 0.729. The number of halogens is 1. The molecule has 4 heteroatoms. The maximum Gasteiger partial charge on any atom is 0.142 e. The lowest BCUT2D eigenvalue weighted by Gasteiger charge is -2.24. The highest BCUT2D eigenvalue weighted by atomic mass is 79.9. The van der Waals surface area contributed by atoms with E-state index in [0.717, 1.165) is 48.5 Å². The first kappa shape index (κ1) is 11.9. The Morgan fingerprint density at radius 2 is 2.19 bits per heavy atom. The molecule has 1 aromatic rings. The van der Waals surface area contributed by atoms with E-state index in [9.17, 15) is 0 Å². The van der Waals surface area contributed by atoms with Gasteiger partial charge in [-0.2, -0.15) is 0 Å². The monoisotopic (exact) mass is 285 g/mol. The van der Waals surface area contributed by atoms with E-state index in [1.165, 1.54) is 0 Å². The van der Waals surface area contributed by atoms with Crippen molar-refractivity contribution in [1.29, 1.82) is 0 Å². The van der Waals surface area contributed by atoms with Crippen LogP contribution in [0.1, 0.15) is 24.2 Å². The van der Waals surface area contributed by atoms with Crippen molar-refractivity contribution in [2.75, 3.05) is 13.2 Å². The van der Waals surface area contributed by atoms with Crippen LogP contribution in [0.3, 0.4) is 0 Å². The predicted molar refractivity (Wildman–Crippen MR) is 66.1 cm³/mol. The van der Waals surface area contributed by atoms with Crippen LogP contribution in [0.2, 0.25) is 0 Å². The van der Waals surface area contributed by atoms with Crippen molar-refractivity contribution in [3.8, 4) is 5.75 Å². The molecule has 0 unspecified atom stereocenters. The minimum Gasteiger partial charge on any atom is -0.488 e. The molecule has 16 heavy (non-hydrogen) atoms. The Balaban J connectivity index is 2.07. The normalized spacial score (nSPS) is 17.4. The van der Waals surface area contributed by atoms with E-state index in [1.807, 2.05) is 19.1 Å². The van der Waals surface area contributed by atoms with Gasteiger partial charge in [0, 0.05) is 23.9 Å². The maximum absolute atomic E-state index is 5.96. The van der Waals surface area contributed by atoms with Crippen molar-refractivity contribution >= 4 is 15.9 Å². The Morgan fingerprint density at radius 3 is 2.88 bits per heavy atom. The van der Waals surface area contributed by atoms with Crippen molar-refractivity contribution in [3.63, 3.8) is 0 Å². The zero-order chi connectivity index (χ0) is 11.4. The summed E-state index contributed by atoms with van der Waals surface area (Å²) in [5.41, 5.74) is 2.00. The first-order chi connectivity index (χ1) is 7.79. The van der Waals surface area contributed by atoms with Gasteiger partial charge in [-0.3, -0.25) is 4.98 Å². The van der Waals surface area contributed by atoms with Gasteiger partial charge in [0.05, 0.1) is 18.9 Å². The molecule has 2 rings (SSSR count). The van der Waals surface area contributed by atoms with Gasteiger partial charge in [-0.05, 0) is 19.1 Å². The Bertz CT molecular complexity index is 351. The molecule has 1 aromatic heterocycles. The third-order valence-corrected chi connectivity index (χ3v) is 3.19. The van der Waals surface area contributed by atoms with Gasteiger partial charge in [-0.1, -0.05) is 15.9 Å². The van der Waals surface area contributed by atoms with E-state index < -0.39 is 0 Å². The summed E-state index contributed by atoms with van der Waals surface area (Å²) in [6.45, 7) is 3.59. The summed E-state index contributed by atoms with van der Waals surface area (Å²) in [4.78, 5) is 4.45. The Labute approximate surface area is 104 Å². The molecule has 1 aliphatic rings. The summed E-state index contributed by atoms with van der Waals surface area (Å²) in [5.74, 6) is 0.898. The molecule has 0 saturated carbocycles. The third-order valence-electron chi connectivity index (χ3n) is 2.66. The van der Waals surface area contributed by atoms with Crippen LogP contribution in [0.25, 0.3) is 0 Å². The summed E-state index contributed by atoms with van der Waals surface area (Å²) in [6.07, 6.45) is 2.21. The molecule has 3 nitrogen and oxygen atoms in total. The summed E-state index contributed by atoms with van der Waals surface area (Å²) in [7, 11) is 0. The highest BCUT2D eigenvalue weighted by Gasteiger charge is 2.17. The molecular formula is C12H16BrNO2. The zero-order valence-electron chi connectivity index (χ0n) is 9.41. The van der Waals surface area contributed by atoms with Crippen molar-refractivity contribution < 1.29 is 9.47 Å². The number of hydrogen-bond acceptors (Lipinski definition) is 3. The number of pyridine rings is 1. The van der Waals surface area contributed by atoms with Crippen LogP contribution in [0, 0.1) is 6.92 Å². The predicted octanol–water partition coefficient (Wildman–Crippen LogP) is 2.84. The Kier molecular flexibility index (Phi) is 4.18. The van der Waals surface area contributed by atoms with Crippen LogP contribution < -0.4 is 4.74 Å². The van der Waals surface area contributed by atoms with Crippen LogP contribution in [-0.4, -0.2) is 24.3 Å². The number of aromatic nitrogens is 1. The van der Waals surface area contributed by atoms with E-state index in [0.29, 0.717) is 0 Å². The first-order valence-corrected chi connectivity index (χ1v) is 6.68. The number of alkyl halides is 1. The fourth-order valence-electron chi connectivity index (χ4n) is 1.77. The quantitative estimate of drug-likeness (QED) is 0.801. The minimum absolute atomic E-state index is 0.274. The summed E-state index contributed by atoms with van der Waals surface area (Å²) >= 11 is 3.44. The van der Waals surface area contributed by atoms with Crippen LogP contribution in [0.4, 0.5) is 0 Å². The SMILES string of the molecule is Cc1ccc(OC2CCOCC2)c(CBr)n1. The molecule has 0 atom stereocenters. The lowest BCUT2D eigenvalue weighted by molar-refractivity contribution is 0.0251. The van der Waals surface area contributed by atoms with E-state index in [-0.39, 0.29) is 6.10 Å². The lowest BCUT2D eigenvalue weighted by atomic mass is 10.1. The fraction of sp³-hybridized carbons (Fsp3) is 0.583. The van der Waals surface area contributed by atoms with Gasteiger partial charge in [-0.25, -0.2) is 0 Å². The third kappa shape index (κ3) is 2.95. The lowest BCUT2D eigenvalue weighted by Crippen LogP contribution is -2.26. The van der Waals surface area contributed by atoms with Crippen LogP contribution in [-0.2, 0) is 10.1 Å². The number of aryl methyl sites for hydroxylation is 1. The highest BCUT2D eigenvalue weighted by Crippen LogP contribution is 2.23. The topological polar surface area (TPSA) is 31.4 Å². The molecule has 0 N–H and O–H groups in total. The molecule has 0 aliphatic carbocycles. The second kappa shape index (κ2) is 5.64. The van der Waals surface area contributed by atoms with Crippen LogP contribution in [0.15, 0.2) is 12.1 Å². The largest absolute Gasteiger partial charge is 0.488 e. The van der Waals surface area contributed by atoms with E-state index in [1.54, 1.807) is 0 Å². The Hall–Kier alpha value is -0.610. The molecule has 0 amide bonds. The van der Waals surface area contributed by atoms with E-state index >= 15 is 0 Å². The molecule has 1 aliphatic heterocycles. The zero-order valence-corrected chi connectivity index (χ0v) is 11.0. The second-order valence-corrected chi connectivity index (χ2v) is 4.52. The van der Waals surface area contributed by atoms with Gasteiger partial charge in [0.15, 0.2) is 0 Å². The fourth-order valence-corrected chi connectivity index (χ4v) is 2.18. The average molecular weight is 286 g/mol. The number of nitrogens with zero attached hydrogens (tertiary/aromatic N) is 1. The molecule has 1 saturated heterocycles. The van der Waals surface area contributed by atoms with Gasteiger partial charge in [0.2, 0.25) is 0 Å². The molecule has 88 valence electrons. The number of hydrogen-bond donors (Lipinski definition) is 0. The van der Waals surface area contributed by atoms with Crippen LogP contribution in [0.5, 0.6) is 5.75 Å². The molecule has 1 fully saturated rings. The summed E-state index contributed by atoms with van der Waals surface area (Å²) in [6, 6.07) is 4.00. The average Bonchev–Trinajstić information content (AvgIpc) is 2.33. The highest BCUT2D eigenvalue weighted by molar-refractivity contribution is 9.08. The van der Waals surface area contributed by atoms with Crippen molar-refractivity contribution in [2.24, 2.45) is 0 Å². The molecule has 0 aromatic carbocycles. The first-order valence-electron chi connectivity index (χ1n) is 5.56. The van der Waals surface area contributed by atoms with Crippen molar-refractivity contribution in [1.82, 2.24) is 4.98 Å². The Morgan fingerprint density at radius 1 is 1.44 bits per heavy atom. The van der Waals surface area contributed by atoms with E-state index in [2.05, 4.69) is 20.9 Å². The van der Waals surface area contributed by atoms with Crippen molar-refractivity contribution in [3.05, 3.63) is 23.5 Å². The summed E-state index contributed by atoms with van der Waals surface area (Å²) < 4.78 is 11.3. The van der Waals surface area contributed by atoms with Gasteiger partial charge >= 0.3 is 0 Å². The van der Waals surface area contributed by atoms with Crippen LogP contribution >= 0.6 is 15.9 Å². The van der Waals surface area contributed by atoms with Gasteiger partial charge in [0.25, 0.3) is 0 Å². The minimum atomic E-state index is 0.274. The standard InChI is InChI=1S/C12H16BrNO2/c1-9-2-3-12(11(8-13)14-9)16-10-4-6-15-7-5-10/h2-3,10H,4-8H2,1H3. The molecule has 0 radical (unpaired) electrons. The second-order valence-electron chi connectivity index (χ2n) is 3.96. The smallest absolute Gasteiger partial charge is 0.142 e. The van der Waals surface area contributed by atoms with Gasteiger partial charge < -0.3 is 9.47 Å². The molecular weight excluding hydrogens is 270 g/mol.